The number of hydrogen-bond donors (Lipinski definition) is 1. The number of carbonyl (C=O) groups is 1. The number of nitro groups is 1. The molecule has 3 aromatic rings. The molecule has 10 heteroatoms. The van der Waals surface area contributed by atoms with Gasteiger partial charge in [0.2, 0.25) is 5.91 Å². The van der Waals surface area contributed by atoms with Crippen LogP contribution in [0.1, 0.15) is 0 Å². The molecule has 0 fully saturated rings. The molecular weight excluding hydrogens is 365 g/mol. The number of amides is 1. The molecule has 0 aliphatic carbocycles. The molecule has 0 spiro atoms. The topological polar surface area (TPSA) is 103 Å². The highest BCUT2D eigenvalue weighted by Gasteiger charge is 2.14. The van der Waals surface area contributed by atoms with Crippen molar-refractivity contribution in [3.05, 3.63) is 69.6 Å². The average Bonchev–Trinajstić information content (AvgIpc) is 3.05. The minimum Gasteiger partial charge on any atom is -0.322 e. The Morgan fingerprint density at radius 2 is 2.00 bits per heavy atom. The summed E-state index contributed by atoms with van der Waals surface area (Å²) in [7, 11) is 0. The number of halogens is 2. The van der Waals surface area contributed by atoms with Crippen molar-refractivity contribution in [2.75, 3.05) is 5.32 Å². The predicted molar refractivity (Wildman–Crippen MR) is 92.2 cm³/mol. The third kappa shape index (κ3) is 4.01. The second-order valence-electron chi connectivity index (χ2n) is 5.28. The first-order valence-corrected chi connectivity index (χ1v) is 7.70. The van der Waals surface area contributed by atoms with Crippen molar-refractivity contribution in [1.82, 2.24) is 15.0 Å². The van der Waals surface area contributed by atoms with Crippen LogP contribution >= 0.6 is 11.6 Å². The lowest BCUT2D eigenvalue weighted by Crippen LogP contribution is -2.19. The van der Waals surface area contributed by atoms with Gasteiger partial charge in [0, 0.05) is 16.7 Å². The number of benzene rings is 2. The predicted octanol–water partition coefficient (Wildman–Crippen LogP) is 3.28. The smallest absolute Gasteiger partial charge is 0.272 e. The van der Waals surface area contributed by atoms with E-state index in [4.69, 9.17) is 11.6 Å². The van der Waals surface area contributed by atoms with E-state index in [2.05, 4.69) is 15.6 Å². The summed E-state index contributed by atoms with van der Waals surface area (Å²) in [4.78, 5) is 21.9. The Hall–Kier alpha value is -3.33. The maximum absolute atomic E-state index is 13.8. The van der Waals surface area contributed by atoms with Crippen LogP contribution in [0.4, 0.5) is 15.8 Å². The van der Waals surface area contributed by atoms with Crippen molar-refractivity contribution in [1.29, 1.82) is 0 Å². The molecule has 0 bridgehead atoms. The third-order valence-corrected chi connectivity index (χ3v) is 3.67. The SMILES string of the molecule is O=C(Cn1cc(-c2ccc(Cl)cc2)nn1)Nc1ccc([N+](=O)[O-])cc1F. The molecule has 2 aromatic carbocycles. The van der Waals surface area contributed by atoms with Crippen molar-refractivity contribution in [2.45, 2.75) is 6.54 Å². The van der Waals surface area contributed by atoms with Gasteiger partial charge in [-0.2, -0.15) is 0 Å². The Kier molecular flexibility index (Phi) is 4.90. The Morgan fingerprint density at radius 3 is 2.65 bits per heavy atom. The number of nitro benzene ring substituents is 1. The van der Waals surface area contributed by atoms with Crippen LogP contribution in [0.15, 0.2) is 48.7 Å². The number of hydrogen-bond acceptors (Lipinski definition) is 5. The van der Waals surface area contributed by atoms with Crippen molar-refractivity contribution in [3.63, 3.8) is 0 Å². The number of rotatable bonds is 5. The van der Waals surface area contributed by atoms with E-state index in [1.54, 1.807) is 30.5 Å². The molecule has 0 aliphatic rings. The fourth-order valence-electron chi connectivity index (χ4n) is 2.18. The van der Waals surface area contributed by atoms with Gasteiger partial charge in [0.05, 0.1) is 22.9 Å². The first-order chi connectivity index (χ1) is 12.4. The molecule has 8 nitrogen and oxygen atoms in total. The molecule has 0 unspecified atom stereocenters. The number of carbonyl (C=O) groups excluding carboxylic acids is 1. The fourth-order valence-corrected chi connectivity index (χ4v) is 2.31. The van der Waals surface area contributed by atoms with Gasteiger partial charge in [0.1, 0.15) is 12.2 Å². The van der Waals surface area contributed by atoms with Crippen LogP contribution in [0.2, 0.25) is 5.02 Å². The van der Waals surface area contributed by atoms with Gasteiger partial charge in [-0.3, -0.25) is 14.9 Å². The van der Waals surface area contributed by atoms with Crippen LogP contribution in [0.5, 0.6) is 0 Å². The lowest BCUT2D eigenvalue weighted by atomic mass is 10.2. The molecule has 1 heterocycles. The van der Waals surface area contributed by atoms with Crippen molar-refractivity contribution in [2.24, 2.45) is 0 Å². The first-order valence-electron chi connectivity index (χ1n) is 7.32. The molecule has 0 saturated carbocycles. The van der Waals surface area contributed by atoms with Crippen molar-refractivity contribution in [3.8, 4) is 11.3 Å². The standard InChI is InChI=1S/C16H11ClFN5O3/c17-11-3-1-10(2-4-11)15-8-22(21-20-15)9-16(24)19-14-6-5-12(23(25)26)7-13(14)18/h1-8H,9H2,(H,19,24). The van der Waals surface area contributed by atoms with Crippen LogP contribution in [-0.4, -0.2) is 25.8 Å². The Balaban J connectivity index is 1.67. The minimum absolute atomic E-state index is 0.154. The summed E-state index contributed by atoms with van der Waals surface area (Å²) >= 11 is 5.83. The largest absolute Gasteiger partial charge is 0.322 e. The van der Waals surface area contributed by atoms with E-state index in [1.807, 2.05) is 0 Å². The highest BCUT2D eigenvalue weighted by molar-refractivity contribution is 6.30. The van der Waals surface area contributed by atoms with Gasteiger partial charge in [-0.25, -0.2) is 9.07 Å². The molecule has 26 heavy (non-hydrogen) atoms. The van der Waals surface area contributed by atoms with Crippen LogP contribution in [-0.2, 0) is 11.3 Å². The Morgan fingerprint density at radius 1 is 1.27 bits per heavy atom. The molecule has 3 rings (SSSR count). The number of nitrogens with one attached hydrogen (secondary N) is 1. The van der Waals surface area contributed by atoms with Gasteiger partial charge < -0.3 is 5.32 Å². The van der Waals surface area contributed by atoms with E-state index in [1.165, 1.54) is 4.68 Å². The van der Waals surface area contributed by atoms with Gasteiger partial charge in [0.25, 0.3) is 5.69 Å². The highest BCUT2D eigenvalue weighted by atomic mass is 35.5. The van der Waals surface area contributed by atoms with E-state index >= 15 is 0 Å². The zero-order valence-corrected chi connectivity index (χ0v) is 13.9. The van der Waals surface area contributed by atoms with Gasteiger partial charge in [-0.1, -0.05) is 28.9 Å². The lowest BCUT2D eigenvalue weighted by molar-refractivity contribution is -0.385. The van der Waals surface area contributed by atoms with Crippen LogP contribution in [0.25, 0.3) is 11.3 Å². The zero-order chi connectivity index (χ0) is 18.7. The summed E-state index contributed by atoms with van der Waals surface area (Å²) < 4.78 is 15.1. The maximum atomic E-state index is 13.8. The maximum Gasteiger partial charge on any atom is 0.272 e. The molecule has 132 valence electrons. The van der Waals surface area contributed by atoms with Gasteiger partial charge in [-0.15, -0.1) is 5.10 Å². The summed E-state index contributed by atoms with van der Waals surface area (Å²) in [6.45, 7) is -0.197. The summed E-state index contributed by atoms with van der Waals surface area (Å²) in [5.41, 5.74) is 0.779. The van der Waals surface area contributed by atoms with Crippen molar-refractivity contribution < 1.29 is 14.1 Å². The second-order valence-corrected chi connectivity index (χ2v) is 5.71. The molecule has 1 N–H and O–H groups in total. The summed E-state index contributed by atoms with van der Waals surface area (Å²) in [6, 6.07) is 9.92. The summed E-state index contributed by atoms with van der Waals surface area (Å²) in [5.74, 6) is -1.45. The van der Waals surface area contributed by atoms with E-state index in [9.17, 15) is 19.3 Å². The van der Waals surface area contributed by atoms with Crippen LogP contribution < -0.4 is 5.32 Å². The third-order valence-electron chi connectivity index (χ3n) is 3.42. The average molecular weight is 376 g/mol. The van der Waals surface area contributed by atoms with E-state index in [0.717, 1.165) is 23.8 Å². The summed E-state index contributed by atoms with van der Waals surface area (Å²) in [5, 5.41) is 21.3. The Bertz CT molecular complexity index is 974. The molecule has 1 aromatic heterocycles. The quantitative estimate of drug-likeness (QED) is 0.544. The Labute approximate surface area is 151 Å². The minimum atomic E-state index is -0.895. The fraction of sp³-hybridized carbons (Fsp3) is 0.0625. The molecule has 0 aliphatic heterocycles. The zero-order valence-electron chi connectivity index (χ0n) is 13.1. The van der Waals surface area contributed by atoms with Crippen molar-refractivity contribution >= 4 is 28.9 Å². The van der Waals surface area contributed by atoms with Crippen LogP contribution in [0.3, 0.4) is 0 Å². The van der Waals surface area contributed by atoms with Gasteiger partial charge in [-0.05, 0) is 18.2 Å². The number of nitrogens with zero attached hydrogens (tertiary/aromatic N) is 4. The van der Waals surface area contributed by atoms with Gasteiger partial charge in [0.15, 0.2) is 5.82 Å². The van der Waals surface area contributed by atoms with Crippen LogP contribution in [0, 0.1) is 15.9 Å². The lowest BCUT2D eigenvalue weighted by Gasteiger charge is -2.06. The number of non-ortho nitro benzene ring substituents is 1. The second kappa shape index (κ2) is 7.28. The van der Waals surface area contributed by atoms with E-state index < -0.39 is 22.3 Å². The number of anilines is 1. The summed E-state index contributed by atoms with van der Waals surface area (Å²) in [6.07, 6.45) is 1.56. The molecule has 0 radical (unpaired) electrons. The number of aromatic nitrogens is 3. The van der Waals surface area contributed by atoms with E-state index in [-0.39, 0.29) is 12.2 Å². The molecule has 0 atom stereocenters. The first kappa shape index (κ1) is 17.5. The normalized spacial score (nSPS) is 10.5. The van der Waals surface area contributed by atoms with E-state index in [0.29, 0.717) is 10.7 Å². The molecule has 0 saturated heterocycles. The van der Waals surface area contributed by atoms with Gasteiger partial charge >= 0.3 is 0 Å². The monoisotopic (exact) mass is 375 g/mol. The highest BCUT2D eigenvalue weighted by Crippen LogP contribution is 2.21. The molecule has 1 amide bonds. The molecular formula is C16H11ClFN5O3.